The van der Waals surface area contributed by atoms with E-state index >= 15 is 0 Å². The first kappa shape index (κ1) is 12.6. The quantitative estimate of drug-likeness (QED) is 0.285. The first-order valence-corrected chi connectivity index (χ1v) is 5.51. The van der Waals surface area contributed by atoms with Crippen molar-refractivity contribution in [3.8, 4) is 0 Å². The normalized spacial score (nSPS) is 11.3. The molecule has 7 nitrogen and oxygen atoms in total. The first-order chi connectivity index (χ1) is 9.13. The van der Waals surface area contributed by atoms with Crippen LogP contribution in [-0.4, -0.2) is 27.1 Å². The van der Waals surface area contributed by atoms with Gasteiger partial charge in [-0.2, -0.15) is 5.10 Å². The van der Waals surface area contributed by atoms with Crippen molar-refractivity contribution in [2.24, 2.45) is 10.9 Å². The highest BCUT2D eigenvalue weighted by Crippen LogP contribution is 2.19. The van der Waals surface area contributed by atoms with E-state index in [9.17, 15) is 4.79 Å². The molecule has 0 aliphatic carbocycles. The minimum absolute atomic E-state index is 0.0574. The van der Waals surface area contributed by atoms with E-state index < -0.39 is 0 Å². The molecule has 0 aliphatic heterocycles. The van der Waals surface area contributed by atoms with Crippen LogP contribution in [0.1, 0.15) is 21.6 Å². The fourth-order valence-electron chi connectivity index (χ4n) is 1.73. The van der Waals surface area contributed by atoms with Gasteiger partial charge in [-0.15, -0.1) is 0 Å². The maximum absolute atomic E-state index is 11.9. The zero-order chi connectivity index (χ0) is 13.8. The number of aromatic nitrogens is 2. The number of rotatable bonds is 3. The molecule has 5 N–H and O–H groups in total. The van der Waals surface area contributed by atoms with Gasteiger partial charge in [0.15, 0.2) is 5.84 Å². The molecule has 1 heterocycles. The number of aromatic amines is 1. The molecule has 19 heavy (non-hydrogen) atoms. The minimum atomic E-state index is -0.352. The number of oxime groups is 1. The van der Waals surface area contributed by atoms with Gasteiger partial charge in [0.25, 0.3) is 5.91 Å². The molecule has 7 heteroatoms. The van der Waals surface area contributed by atoms with E-state index in [4.69, 9.17) is 10.9 Å². The number of amidine groups is 1. The highest BCUT2D eigenvalue weighted by Gasteiger charge is 2.14. The van der Waals surface area contributed by atoms with E-state index in [2.05, 4.69) is 20.7 Å². The van der Waals surface area contributed by atoms with Crippen molar-refractivity contribution in [2.45, 2.75) is 6.92 Å². The van der Waals surface area contributed by atoms with Gasteiger partial charge in [0, 0.05) is 11.8 Å². The Morgan fingerprint density at radius 1 is 1.47 bits per heavy atom. The van der Waals surface area contributed by atoms with E-state index in [0.29, 0.717) is 16.9 Å². The second-order valence-corrected chi connectivity index (χ2v) is 3.91. The van der Waals surface area contributed by atoms with E-state index in [1.54, 1.807) is 31.2 Å². The number of anilines is 1. The van der Waals surface area contributed by atoms with Gasteiger partial charge in [-0.25, -0.2) is 0 Å². The van der Waals surface area contributed by atoms with Crippen molar-refractivity contribution in [1.29, 1.82) is 0 Å². The van der Waals surface area contributed by atoms with Crippen LogP contribution in [0.2, 0.25) is 0 Å². The Balaban J connectivity index is 2.36. The largest absolute Gasteiger partial charge is 0.409 e. The molecular weight excluding hydrogens is 246 g/mol. The summed E-state index contributed by atoms with van der Waals surface area (Å²) in [6.45, 7) is 1.80. The number of nitrogens with two attached hydrogens (primary N) is 1. The van der Waals surface area contributed by atoms with Crippen LogP contribution in [0, 0.1) is 6.92 Å². The van der Waals surface area contributed by atoms with Gasteiger partial charge >= 0.3 is 0 Å². The third-order valence-electron chi connectivity index (χ3n) is 2.63. The monoisotopic (exact) mass is 259 g/mol. The molecule has 2 aromatic rings. The van der Waals surface area contributed by atoms with Gasteiger partial charge in [-0.05, 0) is 24.6 Å². The van der Waals surface area contributed by atoms with Crippen LogP contribution < -0.4 is 11.1 Å². The van der Waals surface area contributed by atoms with Gasteiger partial charge in [0.05, 0.1) is 5.69 Å². The number of hydrogen-bond acceptors (Lipinski definition) is 4. The number of amides is 1. The standard InChI is InChI=1S/C12H13N5O2/c1-7-3-2-4-8(10(7)11(13)17-19)15-12(18)9-5-6-14-16-9/h2-6,19H,1H3,(H2,13,17)(H,14,16)(H,15,18). The summed E-state index contributed by atoms with van der Waals surface area (Å²) in [5, 5.41) is 20.7. The van der Waals surface area contributed by atoms with Crippen LogP contribution >= 0.6 is 0 Å². The minimum Gasteiger partial charge on any atom is -0.409 e. The average Bonchev–Trinajstić information content (AvgIpc) is 2.92. The zero-order valence-corrected chi connectivity index (χ0v) is 10.2. The number of nitrogens with one attached hydrogen (secondary N) is 2. The van der Waals surface area contributed by atoms with Gasteiger partial charge in [0.2, 0.25) is 0 Å². The fourth-order valence-corrected chi connectivity index (χ4v) is 1.73. The van der Waals surface area contributed by atoms with Crippen molar-refractivity contribution >= 4 is 17.4 Å². The molecule has 0 saturated carbocycles. The maximum Gasteiger partial charge on any atom is 0.273 e. The third kappa shape index (κ3) is 2.54. The number of hydrogen-bond donors (Lipinski definition) is 4. The number of carbonyl (C=O) groups excluding carboxylic acids is 1. The molecule has 0 bridgehead atoms. The number of benzene rings is 1. The molecule has 0 saturated heterocycles. The Bertz CT molecular complexity index is 619. The lowest BCUT2D eigenvalue weighted by molar-refractivity contribution is 0.102. The second-order valence-electron chi connectivity index (χ2n) is 3.91. The summed E-state index contributed by atoms with van der Waals surface area (Å²) in [7, 11) is 0. The average molecular weight is 259 g/mol. The third-order valence-corrected chi connectivity index (χ3v) is 2.63. The smallest absolute Gasteiger partial charge is 0.273 e. The molecule has 98 valence electrons. The van der Waals surface area contributed by atoms with Crippen molar-refractivity contribution in [3.63, 3.8) is 0 Å². The molecule has 0 spiro atoms. The molecule has 1 amide bonds. The molecule has 1 aromatic carbocycles. The highest BCUT2D eigenvalue weighted by atomic mass is 16.4. The van der Waals surface area contributed by atoms with Crippen molar-refractivity contribution < 1.29 is 10.0 Å². The predicted molar refractivity (Wildman–Crippen MR) is 70.2 cm³/mol. The van der Waals surface area contributed by atoms with Gasteiger partial charge < -0.3 is 16.3 Å². The lowest BCUT2D eigenvalue weighted by Crippen LogP contribution is -2.20. The Morgan fingerprint density at radius 2 is 2.26 bits per heavy atom. The number of aryl methyl sites for hydroxylation is 1. The highest BCUT2D eigenvalue weighted by molar-refractivity contribution is 6.09. The number of nitrogens with zero attached hydrogens (tertiary/aromatic N) is 2. The molecule has 0 aliphatic rings. The van der Waals surface area contributed by atoms with Crippen LogP contribution in [0.3, 0.4) is 0 Å². The molecule has 0 radical (unpaired) electrons. The summed E-state index contributed by atoms with van der Waals surface area (Å²) < 4.78 is 0. The topological polar surface area (TPSA) is 116 Å². The van der Waals surface area contributed by atoms with E-state index in [-0.39, 0.29) is 11.7 Å². The Morgan fingerprint density at radius 3 is 2.89 bits per heavy atom. The summed E-state index contributed by atoms with van der Waals surface area (Å²) in [5.41, 5.74) is 7.69. The molecular formula is C12H13N5O2. The zero-order valence-electron chi connectivity index (χ0n) is 10.2. The van der Waals surface area contributed by atoms with Crippen molar-refractivity contribution in [2.75, 3.05) is 5.32 Å². The molecule has 1 aromatic heterocycles. The lowest BCUT2D eigenvalue weighted by atomic mass is 10.1. The van der Waals surface area contributed by atoms with Crippen LogP contribution in [0.4, 0.5) is 5.69 Å². The Kier molecular flexibility index (Phi) is 3.46. The molecule has 2 rings (SSSR count). The number of carbonyl (C=O) groups is 1. The van der Waals surface area contributed by atoms with Crippen LogP contribution in [0.15, 0.2) is 35.6 Å². The summed E-state index contributed by atoms with van der Waals surface area (Å²) >= 11 is 0. The summed E-state index contributed by atoms with van der Waals surface area (Å²) in [6, 6.07) is 6.80. The van der Waals surface area contributed by atoms with E-state index in [0.717, 1.165) is 5.56 Å². The van der Waals surface area contributed by atoms with E-state index in [1.807, 2.05) is 0 Å². The van der Waals surface area contributed by atoms with Gasteiger partial charge in [-0.3, -0.25) is 9.89 Å². The van der Waals surface area contributed by atoms with E-state index in [1.165, 1.54) is 6.20 Å². The summed E-state index contributed by atoms with van der Waals surface area (Å²) in [5.74, 6) is -0.409. The SMILES string of the molecule is Cc1cccc(NC(=O)c2ccn[nH]2)c1/C(N)=N/O. The van der Waals surface area contributed by atoms with Crippen LogP contribution in [0.25, 0.3) is 0 Å². The predicted octanol–water partition coefficient (Wildman–Crippen LogP) is 1.06. The van der Waals surface area contributed by atoms with Gasteiger partial charge in [-0.1, -0.05) is 17.3 Å². The lowest BCUT2D eigenvalue weighted by Gasteiger charge is -2.11. The fraction of sp³-hybridized carbons (Fsp3) is 0.0833. The van der Waals surface area contributed by atoms with Crippen LogP contribution in [-0.2, 0) is 0 Å². The maximum atomic E-state index is 11.9. The number of H-pyrrole nitrogens is 1. The summed E-state index contributed by atoms with van der Waals surface area (Å²) in [6.07, 6.45) is 1.48. The summed E-state index contributed by atoms with van der Waals surface area (Å²) in [4.78, 5) is 11.9. The Hall–Kier alpha value is -2.83. The van der Waals surface area contributed by atoms with Crippen molar-refractivity contribution in [3.05, 3.63) is 47.3 Å². The molecule has 0 atom stereocenters. The van der Waals surface area contributed by atoms with Gasteiger partial charge in [0.1, 0.15) is 5.69 Å². The second kappa shape index (κ2) is 5.21. The van der Waals surface area contributed by atoms with Crippen molar-refractivity contribution in [1.82, 2.24) is 10.2 Å². The Labute approximate surface area is 109 Å². The van der Waals surface area contributed by atoms with Crippen LogP contribution in [0.5, 0.6) is 0 Å². The molecule has 0 fully saturated rings. The molecule has 0 unspecified atom stereocenters. The first-order valence-electron chi connectivity index (χ1n) is 5.51.